The minimum atomic E-state index is 0.891. The minimum absolute atomic E-state index is 0.891. The summed E-state index contributed by atoms with van der Waals surface area (Å²) >= 11 is 10.6. The van der Waals surface area contributed by atoms with E-state index in [0.717, 1.165) is 5.33 Å². The van der Waals surface area contributed by atoms with Gasteiger partial charge in [0.05, 0.1) is 0 Å². The van der Waals surface area contributed by atoms with Crippen LogP contribution in [0.15, 0.2) is 15.0 Å². The van der Waals surface area contributed by atoms with Gasteiger partial charge in [0, 0.05) is 14.3 Å². The fourth-order valence-corrected chi connectivity index (χ4v) is 2.97. The first-order valence-corrected chi connectivity index (χ1v) is 6.28. The largest absolute Gasteiger partial charge is 0.0876 e. The summed E-state index contributed by atoms with van der Waals surface area (Å²) in [6.45, 7) is 4.21. The van der Waals surface area contributed by atoms with E-state index in [-0.39, 0.29) is 0 Å². The third-order valence-electron chi connectivity index (χ3n) is 1.82. The van der Waals surface area contributed by atoms with Crippen molar-refractivity contribution in [1.29, 1.82) is 0 Å². The molecule has 0 saturated carbocycles. The number of benzene rings is 1. The molecule has 0 saturated heterocycles. The van der Waals surface area contributed by atoms with Gasteiger partial charge in [-0.25, -0.2) is 0 Å². The summed E-state index contributed by atoms with van der Waals surface area (Å²) in [5, 5.41) is 0.891. The van der Waals surface area contributed by atoms with Crippen molar-refractivity contribution in [1.82, 2.24) is 0 Å². The number of halogens is 3. The lowest BCUT2D eigenvalue weighted by Crippen LogP contribution is -1.89. The van der Waals surface area contributed by atoms with Crippen LogP contribution in [0.25, 0.3) is 0 Å². The van der Waals surface area contributed by atoms with Gasteiger partial charge in [0.1, 0.15) is 0 Å². The van der Waals surface area contributed by atoms with Crippen LogP contribution in [0.4, 0.5) is 0 Å². The first-order chi connectivity index (χ1) is 5.57. The summed E-state index contributed by atoms with van der Waals surface area (Å²) in [7, 11) is 0. The summed E-state index contributed by atoms with van der Waals surface area (Å²) in [5.41, 5.74) is 3.85. The minimum Gasteiger partial charge on any atom is -0.0876 e. The second kappa shape index (κ2) is 4.25. The number of alkyl halides is 1. The van der Waals surface area contributed by atoms with E-state index in [9.17, 15) is 0 Å². The molecule has 0 aliphatic rings. The molecule has 66 valence electrons. The predicted octanol–water partition coefficient (Wildman–Crippen LogP) is 4.72. The molecule has 0 fully saturated rings. The molecule has 0 N–H and O–H groups in total. The van der Waals surface area contributed by atoms with E-state index >= 15 is 0 Å². The Morgan fingerprint density at radius 2 is 1.75 bits per heavy atom. The zero-order chi connectivity index (χ0) is 9.30. The van der Waals surface area contributed by atoms with Crippen LogP contribution < -0.4 is 0 Å². The van der Waals surface area contributed by atoms with E-state index in [0.29, 0.717) is 0 Å². The highest BCUT2D eigenvalue weighted by Crippen LogP contribution is 2.32. The molecule has 1 aromatic carbocycles. The van der Waals surface area contributed by atoms with Crippen molar-refractivity contribution in [3.8, 4) is 0 Å². The Bertz CT molecular complexity index is 305. The first-order valence-electron chi connectivity index (χ1n) is 3.58. The highest BCUT2D eigenvalue weighted by molar-refractivity contribution is 9.11. The SMILES string of the molecule is Cc1cc(CBr)c(Br)c(C)c1Br. The van der Waals surface area contributed by atoms with E-state index in [1.54, 1.807) is 0 Å². The zero-order valence-corrected chi connectivity index (χ0v) is 11.7. The van der Waals surface area contributed by atoms with E-state index in [1.807, 2.05) is 0 Å². The van der Waals surface area contributed by atoms with Crippen LogP contribution in [-0.4, -0.2) is 0 Å². The van der Waals surface area contributed by atoms with Crippen LogP contribution in [0.3, 0.4) is 0 Å². The summed E-state index contributed by atoms with van der Waals surface area (Å²) in [6.07, 6.45) is 0. The fraction of sp³-hybridized carbons (Fsp3) is 0.333. The molecule has 12 heavy (non-hydrogen) atoms. The van der Waals surface area contributed by atoms with Crippen molar-refractivity contribution in [3.05, 3.63) is 31.7 Å². The highest BCUT2D eigenvalue weighted by Gasteiger charge is 2.07. The fourth-order valence-electron chi connectivity index (χ4n) is 1.12. The van der Waals surface area contributed by atoms with Crippen LogP contribution in [0.1, 0.15) is 16.7 Å². The van der Waals surface area contributed by atoms with Crippen LogP contribution in [0, 0.1) is 13.8 Å². The van der Waals surface area contributed by atoms with Gasteiger partial charge in [0.25, 0.3) is 0 Å². The Labute approximate surface area is 98.1 Å². The summed E-state index contributed by atoms with van der Waals surface area (Å²) < 4.78 is 2.39. The van der Waals surface area contributed by atoms with Crippen molar-refractivity contribution in [3.63, 3.8) is 0 Å². The van der Waals surface area contributed by atoms with Gasteiger partial charge in [-0.1, -0.05) is 53.9 Å². The van der Waals surface area contributed by atoms with Gasteiger partial charge >= 0.3 is 0 Å². The molecule has 0 radical (unpaired) electrons. The van der Waals surface area contributed by atoms with Crippen molar-refractivity contribution < 1.29 is 0 Å². The molecule has 0 heterocycles. The van der Waals surface area contributed by atoms with Crippen molar-refractivity contribution >= 4 is 47.8 Å². The Hall–Kier alpha value is 0.660. The number of hydrogen-bond donors (Lipinski definition) is 0. The average molecular weight is 357 g/mol. The molecule has 0 aromatic heterocycles. The van der Waals surface area contributed by atoms with Gasteiger partial charge in [-0.05, 0) is 30.5 Å². The van der Waals surface area contributed by atoms with Gasteiger partial charge in [-0.15, -0.1) is 0 Å². The van der Waals surface area contributed by atoms with Crippen LogP contribution >= 0.6 is 47.8 Å². The highest BCUT2D eigenvalue weighted by atomic mass is 79.9. The molecule has 3 heteroatoms. The maximum atomic E-state index is 3.57. The van der Waals surface area contributed by atoms with Gasteiger partial charge in [0.2, 0.25) is 0 Å². The molecule has 1 aromatic rings. The van der Waals surface area contributed by atoms with Crippen LogP contribution in [0.2, 0.25) is 0 Å². The third kappa shape index (κ3) is 1.94. The molecule has 0 amide bonds. The lowest BCUT2D eigenvalue weighted by molar-refractivity contribution is 1.25. The lowest BCUT2D eigenvalue weighted by Gasteiger charge is -2.09. The third-order valence-corrected chi connectivity index (χ3v) is 4.75. The van der Waals surface area contributed by atoms with Crippen LogP contribution in [-0.2, 0) is 5.33 Å². The molecule has 0 bridgehead atoms. The molecule has 0 atom stereocenters. The monoisotopic (exact) mass is 354 g/mol. The van der Waals surface area contributed by atoms with E-state index < -0.39 is 0 Å². The molecule has 0 nitrogen and oxygen atoms in total. The first kappa shape index (κ1) is 10.7. The topological polar surface area (TPSA) is 0 Å². The normalized spacial score (nSPS) is 10.4. The van der Waals surface area contributed by atoms with E-state index in [2.05, 4.69) is 67.7 Å². The van der Waals surface area contributed by atoms with Crippen molar-refractivity contribution in [2.75, 3.05) is 0 Å². The summed E-state index contributed by atoms with van der Waals surface area (Å²) in [4.78, 5) is 0. The average Bonchev–Trinajstić information content (AvgIpc) is 2.08. The Morgan fingerprint density at radius 1 is 1.17 bits per heavy atom. The number of aryl methyl sites for hydroxylation is 1. The molecule has 0 unspecified atom stereocenters. The second-order valence-electron chi connectivity index (χ2n) is 2.74. The standard InChI is InChI=1S/C9H9Br3/c1-5-3-7(4-10)9(12)6(2)8(5)11/h3H,4H2,1-2H3. The van der Waals surface area contributed by atoms with Crippen molar-refractivity contribution in [2.45, 2.75) is 19.2 Å². The van der Waals surface area contributed by atoms with Gasteiger partial charge in [-0.2, -0.15) is 0 Å². The zero-order valence-electron chi connectivity index (χ0n) is 6.92. The summed E-state index contributed by atoms with van der Waals surface area (Å²) in [6, 6.07) is 2.18. The second-order valence-corrected chi connectivity index (χ2v) is 4.89. The molecule has 0 spiro atoms. The predicted molar refractivity (Wildman–Crippen MR) is 63.9 cm³/mol. The van der Waals surface area contributed by atoms with E-state index in [1.165, 1.54) is 25.6 Å². The molecule has 0 aliphatic heterocycles. The van der Waals surface area contributed by atoms with Crippen molar-refractivity contribution in [2.24, 2.45) is 0 Å². The maximum absolute atomic E-state index is 3.57. The smallest absolute Gasteiger partial charge is 0.0294 e. The Balaban J connectivity index is 3.39. The summed E-state index contributed by atoms with van der Waals surface area (Å²) in [5.74, 6) is 0. The van der Waals surface area contributed by atoms with Gasteiger partial charge in [0.15, 0.2) is 0 Å². The molecular weight excluding hydrogens is 348 g/mol. The molecule has 0 aliphatic carbocycles. The number of hydrogen-bond acceptors (Lipinski definition) is 0. The molecule has 1 rings (SSSR count). The maximum Gasteiger partial charge on any atom is 0.0294 e. The number of rotatable bonds is 1. The van der Waals surface area contributed by atoms with Gasteiger partial charge in [-0.3, -0.25) is 0 Å². The van der Waals surface area contributed by atoms with E-state index in [4.69, 9.17) is 0 Å². The Kier molecular flexibility index (Phi) is 3.80. The quantitative estimate of drug-likeness (QED) is 0.638. The Morgan fingerprint density at radius 3 is 2.25 bits per heavy atom. The lowest BCUT2D eigenvalue weighted by atomic mass is 10.1. The van der Waals surface area contributed by atoms with Crippen LogP contribution in [0.5, 0.6) is 0 Å². The van der Waals surface area contributed by atoms with Gasteiger partial charge < -0.3 is 0 Å². The molecular formula is C9H9Br3.